The van der Waals surface area contributed by atoms with Gasteiger partial charge in [0.2, 0.25) is 0 Å². The fourth-order valence-corrected chi connectivity index (χ4v) is 3.15. The van der Waals surface area contributed by atoms with Crippen LogP contribution in [0.4, 0.5) is 17.2 Å². The Morgan fingerprint density at radius 1 is 1.00 bits per heavy atom. The van der Waals surface area contributed by atoms with Crippen molar-refractivity contribution in [2.24, 2.45) is 0 Å². The van der Waals surface area contributed by atoms with Crippen molar-refractivity contribution in [3.63, 3.8) is 0 Å². The highest BCUT2D eigenvalue weighted by molar-refractivity contribution is 6.05. The lowest BCUT2D eigenvalue weighted by Gasteiger charge is -2.16. The van der Waals surface area contributed by atoms with Crippen molar-refractivity contribution >= 4 is 23.1 Å². The number of anilines is 3. The SMILES string of the molecule is Cc1ccc(Nc2ncccc2NC(=O)c2ccccc2)c(CCCN(C)C)c1. The van der Waals surface area contributed by atoms with Gasteiger partial charge in [0.05, 0.1) is 5.69 Å². The van der Waals surface area contributed by atoms with E-state index in [1.165, 1.54) is 11.1 Å². The van der Waals surface area contributed by atoms with Gasteiger partial charge >= 0.3 is 0 Å². The predicted molar refractivity (Wildman–Crippen MR) is 120 cm³/mol. The van der Waals surface area contributed by atoms with E-state index < -0.39 is 0 Å². The fourth-order valence-electron chi connectivity index (χ4n) is 3.15. The summed E-state index contributed by atoms with van der Waals surface area (Å²) < 4.78 is 0. The zero-order valence-electron chi connectivity index (χ0n) is 17.3. The van der Waals surface area contributed by atoms with Gasteiger partial charge in [-0.2, -0.15) is 0 Å². The van der Waals surface area contributed by atoms with Crippen molar-refractivity contribution in [2.45, 2.75) is 19.8 Å². The standard InChI is InChI=1S/C24H28N4O/c1-18-13-14-21(20(17-18)11-8-16-28(2)3)26-23-22(12-7-15-25-23)27-24(29)19-9-5-4-6-10-19/h4-7,9-10,12-15,17H,8,11,16H2,1-3H3,(H,25,26)(H,27,29). The molecule has 0 unspecified atom stereocenters. The van der Waals surface area contributed by atoms with Gasteiger partial charge in [0.15, 0.2) is 5.82 Å². The van der Waals surface area contributed by atoms with E-state index >= 15 is 0 Å². The number of amides is 1. The van der Waals surface area contributed by atoms with Gasteiger partial charge < -0.3 is 15.5 Å². The van der Waals surface area contributed by atoms with E-state index in [1.807, 2.05) is 30.3 Å². The Morgan fingerprint density at radius 2 is 1.79 bits per heavy atom. The monoisotopic (exact) mass is 388 g/mol. The maximum Gasteiger partial charge on any atom is 0.255 e. The molecule has 0 saturated heterocycles. The molecule has 0 radical (unpaired) electrons. The lowest BCUT2D eigenvalue weighted by molar-refractivity contribution is 0.102. The van der Waals surface area contributed by atoms with Crippen LogP contribution < -0.4 is 10.6 Å². The number of benzene rings is 2. The van der Waals surface area contributed by atoms with Crippen molar-refractivity contribution in [3.05, 3.63) is 83.6 Å². The Labute approximate surface area is 172 Å². The average Bonchev–Trinajstić information content (AvgIpc) is 2.71. The van der Waals surface area contributed by atoms with Crippen LogP contribution in [0.2, 0.25) is 0 Å². The van der Waals surface area contributed by atoms with Gasteiger partial charge in [-0.25, -0.2) is 4.98 Å². The molecule has 0 saturated carbocycles. The van der Waals surface area contributed by atoms with Crippen LogP contribution in [-0.2, 0) is 6.42 Å². The third kappa shape index (κ3) is 5.90. The highest BCUT2D eigenvalue weighted by Crippen LogP contribution is 2.27. The number of carbonyl (C=O) groups is 1. The minimum absolute atomic E-state index is 0.156. The number of nitrogens with zero attached hydrogens (tertiary/aromatic N) is 2. The van der Waals surface area contributed by atoms with Crippen LogP contribution in [0.3, 0.4) is 0 Å². The largest absolute Gasteiger partial charge is 0.338 e. The van der Waals surface area contributed by atoms with E-state index in [1.54, 1.807) is 18.3 Å². The Morgan fingerprint density at radius 3 is 2.55 bits per heavy atom. The van der Waals surface area contributed by atoms with Crippen LogP contribution in [0, 0.1) is 6.92 Å². The first-order valence-corrected chi connectivity index (χ1v) is 9.85. The number of pyridine rings is 1. The summed E-state index contributed by atoms with van der Waals surface area (Å²) in [6, 6.07) is 19.2. The maximum atomic E-state index is 12.6. The molecule has 0 aliphatic heterocycles. The molecule has 1 heterocycles. The molecule has 1 aromatic heterocycles. The normalized spacial score (nSPS) is 10.8. The van der Waals surface area contributed by atoms with E-state index in [4.69, 9.17) is 0 Å². The van der Waals surface area contributed by atoms with Gasteiger partial charge in [-0.05, 0) is 76.3 Å². The Hall–Kier alpha value is -3.18. The van der Waals surface area contributed by atoms with Gasteiger partial charge in [-0.15, -0.1) is 0 Å². The van der Waals surface area contributed by atoms with E-state index in [9.17, 15) is 4.79 Å². The molecule has 0 atom stereocenters. The second kappa shape index (κ2) is 9.85. The van der Waals surface area contributed by atoms with Crippen LogP contribution in [0.25, 0.3) is 0 Å². The molecule has 2 aromatic carbocycles. The van der Waals surface area contributed by atoms with Crippen molar-refractivity contribution in [3.8, 4) is 0 Å². The highest BCUT2D eigenvalue weighted by Gasteiger charge is 2.11. The van der Waals surface area contributed by atoms with Crippen LogP contribution >= 0.6 is 0 Å². The van der Waals surface area contributed by atoms with Gasteiger partial charge in [-0.3, -0.25) is 4.79 Å². The maximum absolute atomic E-state index is 12.6. The summed E-state index contributed by atoms with van der Waals surface area (Å²) in [6.45, 7) is 3.14. The molecule has 5 heteroatoms. The first-order valence-electron chi connectivity index (χ1n) is 9.85. The van der Waals surface area contributed by atoms with Crippen LogP contribution in [0.15, 0.2) is 66.9 Å². The first kappa shape index (κ1) is 20.6. The Kier molecular flexibility index (Phi) is 6.98. The van der Waals surface area contributed by atoms with E-state index in [2.05, 4.69) is 59.7 Å². The lowest BCUT2D eigenvalue weighted by atomic mass is 10.0. The zero-order valence-corrected chi connectivity index (χ0v) is 17.3. The summed E-state index contributed by atoms with van der Waals surface area (Å²) in [5.74, 6) is 0.478. The molecule has 0 spiro atoms. The summed E-state index contributed by atoms with van der Waals surface area (Å²) in [5, 5.41) is 6.39. The molecule has 1 amide bonds. The smallest absolute Gasteiger partial charge is 0.255 e. The van der Waals surface area contributed by atoms with E-state index in [0.29, 0.717) is 17.1 Å². The van der Waals surface area contributed by atoms with Gasteiger partial charge in [0, 0.05) is 17.4 Å². The van der Waals surface area contributed by atoms with Crippen LogP contribution in [-0.4, -0.2) is 36.4 Å². The Bertz CT molecular complexity index is 954. The second-order valence-corrected chi connectivity index (χ2v) is 7.41. The summed E-state index contributed by atoms with van der Waals surface area (Å²) >= 11 is 0. The molecule has 3 rings (SSSR count). The summed E-state index contributed by atoms with van der Waals surface area (Å²) in [6.07, 6.45) is 3.77. The van der Waals surface area contributed by atoms with Crippen molar-refractivity contribution in [2.75, 3.05) is 31.3 Å². The van der Waals surface area contributed by atoms with E-state index in [0.717, 1.165) is 25.1 Å². The molecule has 0 aliphatic rings. The number of carbonyl (C=O) groups excluding carboxylic acids is 1. The fraction of sp³-hybridized carbons (Fsp3) is 0.250. The van der Waals surface area contributed by atoms with Gasteiger partial charge in [0.25, 0.3) is 5.91 Å². The Balaban J connectivity index is 1.79. The molecule has 0 fully saturated rings. The van der Waals surface area contributed by atoms with Gasteiger partial charge in [-0.1, -0.05) is 35.9 Å². The quantitative estimate of drug-likeness (QED) is 0.577. The highest BCUT2D eigenvalue weighted by atomic mass is 16.1. The summed E-state index contributed by atoms with van der Waals surface area (Å²) in [7, 11) is 4.18. The van der Waals surface area contributed by atoms with Crippen LogP contribution in [0.5, 0.6) is 0 Å². The molecule has 29 heavy (non-hydrogen) atoms. The third-order valence-electron chi connectivity index (χ3n) is 4.66. The van der Waals surface area contributed by atoms with Gasteiger partial charge in [0.1, 0.15) is 0 Å². The lowest BCUT2D eigenvalue weighted by Crippen LogP contribution is -2.14. The van der Waals surface area contributed by atoms with Crippen molar-refractivity contribution < 1.29 is 4.79 Å². The van der Waals surface area contributed by atoms with Crippen molar-refractivity contribution in [1.29, 1.82) is 0 Å². The number of aromatic nitrogens is 1. The average molecular weight is 389 g/mol. The molecule has 150 valence electrons. The number of hydrogen-bond donors (Lipinski definition) is 2. The predicted octanol–water partition coefficient (Wildman–Crippen LogP) is 4.88. The molecular weight excluding hydrogens is 360 g/mol. The topological polar surface area (TPSA) is 57.3 Å². The number of nitrogens with one attached hydrogen (secondary N) is 2. The van der Waals surface area contributed by atoms with Crippen LogP contribution in [0.1, 0.15) is 27.9 Å². The minimum atomic E-state index is -0.156. The summed E-state index contributed by atoms with van der Waals surface area (Å²) in [4.78, 5) is 19.2. The molecule has 2 N–H and O–H groups in total. The third-order valence-corrected chi connectivity index (χ3v) is 4.66. The van der Waals surface area contributed by atoms with Crippen molar-refractivity contribution in [1.82, 2.24) is 9.88 Å². The zero-order chi connectivity index (χ0) is 20.6. The number of hydrogen-bond acceptors (Lipinski definition) is 4. The number of aryl methyl sites for hydroxylation is 2. The molecule has 5 nitrogen and oxygen atoms in total. The molecule has 0 aliphatic carbocycles. The number of rotatable bonds is 8. The first-order chi connectivity index (χ1) is 14.0. The summed E-state index contributed by atoms with van der Waals surface area (Å²) in [5.41, 5.74) is 4.76. The minimum Gasteiger partial charge on any atom is -0.338 e. The molecule has 0 bridgehead atoms. The molecular formula is C24H28N4O. The molecule has 3 aromatic rings. The second-order valence-electron chi connectivity index (χ2n) is 7.41. The van der Waals surface area contributed by atoms with E-state index in [-0.39, 0.29) is 5.91 Å².